The number of aliphatic hydroxyl groups is 1. The Morgan fingerprint density at radius 1 is 1.57 bits per heavy atom. The second-order valence-corrected chi connectivity index (χ2v) is 5.14. The van der Waals surface area contributed by atoms with Crippen LogP contribution in [0, 0.1) is 11.3 Å². The van der Waals surface area contributed by atoms with E-state index in [2.05, 4.69) is 25.8 Å². The summed E-state index contributed by atoms with van der Waals surface area (Å²) in [5.41, 5.74) is 1.03. The van der Waals surface area contributed by atoms with Crippen molar-refractivity contribution < 1.29 is 9.52 Å². The molecular weight excluding hydrogens is 178 g/mol. The van der Waals surface area contributed by atoms with Crippen LogP contribution in [-0.2, 0) is 6.61 Å². The molecule has 78 valence electrons. The monoisotopic (exact) mass is 195 g/mol. The van der Waals surface area contributed by atoms with Gasteiger partial charge < -0.3 is 9.52 Å². The largest absolute Gasteiger partial charge is 0.448 e. The molecule has 1 fully saturated rings. The molecule has 0 saturated heterocycles. The lowest BCUT2D eigenvalue weighted by atomic mass is 9.88. The van der Waals surface area contributed by atoms with Gasteiger partial charge in [-0.2, -0.15) is 0 Å². The van der Waals surface area contributed by atoms with Crippen LogP contribution in [-0.4, -0.2) is 10.1 Å². The van der Waals surface area contributed by atoms with Crippen LogP contribution in [0.3, 0.4) is 0 Å². The van der Waals surface area contributed by atoms with Crippen LogP contribution >= 0.6 is 0 Å². The number of aliphatic hydroxyl groups excluding tert-OH is 1. The van der Waals surface area contributed by atoms with Crippen molar-refractivity contribution in [3.8, 4) is 0 Å². The van der Waals surface area contributed by atoms with Gasteiger partial charge in [0.05, 0.1) is 6.61 Å². The Morgan fingerprint density at radius 2 is 2.29 bits per heavy atom. The van der Waals surface area contributed by atoms with Gasteiger partial charge in [-0.25, -0.2) is 4.98 Å². The molecule has 1 aliphatic rings. The van der Waals surface area contributed by atoms with Crippen LogP contribution in [0.25, 0.3) is 0 Å². The van der Waals surface area contributed by atoms with Crippen molar-refractivity contribution >= 4 is 0 Å². The molecule has 0 radical (unpaired) electrons. The molecule has 0 aromatic carbocycles. The van der Waals surface area contributed by atoms with Crippen molar-refractivity contribution in [2.24, 2.45) is 11.3 Å². The van der Waals surface area contributed by atoms with E-state index in [1.807, 2.05) is 0 Å². The summed E-state index contributed by atoms with van der Waals surface area (Å²) in [6, 6.07) is 0. The molecule has 0 spiro atoms. The van der Waals surface area contributed by atoms with E-state index in [-0.39, 0.29) is 6.61 Å². The third-order valence-corrected chi connectivity index (χ3v) is 3.06. The van der Waals surface area contributed by atoms with Crippen LogP contribution in [0.4, 0.5) is 0 Å². The van der Waals surface area contributed by atoms with E-state index in [4.69, 9.17) is 9.52 Å². The van der Waals surface area contributed by atoms with Crippen LogP contribution in [0.5, 0.6) is 0 Å². The molecule has 3 heteroatoms. The lowest BCUT2D eigenvalue weighted by molar-refractivity contribution is 0.272. The first kappa shape index (κ1) is 9.71. The molecule has 1 heterocycles. The van der Waals surface area contributed by atoms with Gasteiger partial charge in [-0.1, -0.05) is 20.8 Å². The first-order chi connectivity index (χ1) is 6.54. The van der Waals surface area contributed by atoms with Crippen molar-refractivity contribution in [2.45, 2.75) is 39.7 Å². The van der Waals surface area contributed by atoms with E-state index in [1.54, 1.807) is 0 Å². The predicted molar refractivity (Wildman–Crippen MR) is 52.7 cm³/mol. The van der Waals surface area contributed by atoms with E-state index in [0.29, 0.717) is 22.9 Å². The fourth-order valence-electron chi connectivity index (χ4n) is 2.14. The maximum Gasteiger partial charge on any atom is 0.181 e. The van der Waals surface area contributed by atoms with E-state index < -0.39 is 0 Å². The van der Waals surface area contributed by atoms with Gasteiger partial charge in [-0.3, -0.25) is 0 Å². The third-order valence-electron chi connectivity index (χ3n) is 3.06. The molecule has 0 bridgehead atoms. The zero-order valence-corrected chi connectivity index (χ0v) is 8.95. The molecule has 1 aromatic rings. The van der Waals surface area contributed by atoms with E-state index in [1.165, 1.54) is 6.39 Å². The minimum absolute atomic E-state index is 0.0147. The Balaban J connectivity index is 2.13. The highest BCUT2D eigenvalue weighted by Gasteiger charge is 2.48. The second-order valence-electron chi connectivity index (χ2n) is 5.14. The smallest absolute Gasteiger partial charge is 0.181 e. The van der Waals surface area contributed by atoms with Crippen LogP contribution < -0.4 is 0 Å². The molecule has 2 rings (SSSR count). The molecule has 1 aliphatic carbocycles. The molecule has 1 N–H and O–H groups in total. The SMILES string of the molecule is CC(C)(C)C1CC1c1ocnc1CO. The molecule has 14 heavy (non-hydrogen) atoms. The summed E-state index contributed by atoms with van der Waals surface area (Å²) in [5, 5.41) is 9.05. The summed E-state index contributed by atoms with van der Waals surface area (Å²) in [6.45, 7) is 6.71. The molecule has 1 saturated carbocycles. The minimum atomic E-state index is -0.0147. The van der Waals surface area contributed by atoms with Gasteiger partial charge in [0.15, 0.2) is 6.39 Å². The summed E-state index contributed by atoms with van der Waals surface area (Å²) < 4.78 is 5.33. The fraction of sp³-hybridized carbons (Fsp3) is 0.727. The predicted octanol–water partition coefficient (Wildman–Crippen LogP) is 2.32. The summed E-state index contributed by atoms with van der Waals surface area (Å²) in [4.78, 5) is 4.00. The summed E-state index contributed by atoms with van der Waals surface area (Å²) in [7, 11) is 0. The van der Waals surface area contributed by atoms with Crippen LogP contribution in [0.15, 0.2) is 10.8 Å². The van der Waals surface area contributed by atoms with Gasteiger partial charge in [0.25, 0.3) is 0 Å². The Bertz CT molecular complexity index is 324. The third kappa shape index (κ3) is 1.57. The van der Waals surface area contributed by atoms with Crippen LogP contribution in [0.2, 0.25) is 0 Å². The van der Waals surface area contributed by atoms with Gasteiger partial charge >= 0.3 is 0 Å². The summed E-state index contributed by atoms with van der Waals surface area (Å²) in [5.74, 6) is 2.04. The Morgan fingerprint density at radius 3 is 2.79 bits per heavy atom. The normalized spacial score (nSPS) is 26.6. The van der Waals surface area contributed by atoms with Crippen LogP contribution in [0.1, 0.15) is 44.6 Å². The van der Waals surface area contributed by atoms with E-state index in [9.17, 15) is 0 Å². The lowest BCUT2D eigenvalue weighted by Crippen LogP contribution is -2.09. The number of aromatic nitrogens is 1. The number of nitrogens with zero attached hydrogens (tertiary/aromatic N) is 1. The number of hydrogen-bond acceptors (Lipinski definition) is 3. The molecule has 0 aliphatic heterocycles. The Labute approximate surface area is 84.2 Å². The standard InChI is InChI=1S/C11H17NO2/c1-11(2,3)8-4-7(8)10-9(5-13)12-6-14-10/h6-8,13H,4-5H2,1-3H3. The highest BCUT2D eigenvalue weighted by atomic mass is 16.3. The maximum absolute atomic E-state index is 9.05. The first-order valence-corrected chi connectivity index (χ1v) is 5.07. The topological polar surface area (TPSA) is 46.3 Å². The van der Waals surface area contributed by atoms with Gasteiger partial charge in [-0.15, -0.1) is 0 Å². The molecule has 2 atom stereocenters. The van der Waals surface area contributed by atoms with E-state index in [0.717, 1.165) is 12.2 Å². The number of oxazole rings is 1. The van der Waals surface area contributed by atoms with Gasteiger partial charge in [0.1, 0.15) is 11.5 Å². The molecule has 3 nitrogen and oxygen atoms in total. The van der Waals surface area contributed by atoms with Crippen molar-refractivity contribution in [3.63, 3.8) is 0 Å². The average Bonchev–Trinajstić information content (AvgIpc) is 2.77. The Kier molecular flexibility index (Phi) is 2.14. The molecule has 2 unspecified atom stereocenters. The van der Waals surface area contributed by atoms with E-state index >= 15 is 0 Å². The highest BCUT2D eigenvalue weighted by molar-refractivity contribution is 5.21. The quantitative estimate of drug-likeness (QED) is 0.787. The van der Waals surface area contributed by atoms with Crippen molar-refractivity contribution in [1.29, 1.82) is 0 Å². The number of hydrogen-bond donors (Lipinski definition) is 1. The first-order valence-electron chi connectivity index (χ1n) is 5.07. The molecule has 1 aromatic heterocycles. The second kappa shape index (κ2) is 3.09. The lowest BCUT2D eigenvalue weighted by Gasteiger charge is -2.17. The van der Waals surface area contributed by atoms with Gasteiger partial charge in [-0.05, 0) is 17.8 Å². The fourth-order valence-corrected chi connectivity index (χ4v) is 2.14. The van der Waals surface area contributed by atoms with Gasteiger partial charge in [0.2, 0.25) is 0 Å². The van der Waals surface area contributed by atoms with Crippen molar-refractivity contribution in [2.75, 3.05) is 0 Å². The maximum atomic E-state index is 9.05. The zero-order chi connectivity index (χ0) is 10.3. The summed E-state index contributed by atoms with van der Waals surface area (Å²) >= 11 is 0. The number of rotatable bonds is 2. The summed E-state index contributed by atoms with van der Waals surface area (Å²) in [6.07, 6.45) is 2.59. The highest BCUT2D eigenvalue weighted by Crippen LogP contribution is 2.57. The minimum Gasteiger partial charge on any atom is -0.448 e. The van der Waals surface area contributed by atoms with Crippen molar-refractivity contribution in [3.05, 3.63) is 17.8 Å². The zero-order valence-electron chi connectivity index (χ0n) is 8.95. The van der Waals surface area contributed by atoms with Gasteiger partial charge in [0, 0.05) is 5.92 Å². The molecular formula is C11H17NO2. The Hall–Kier alpha value is -0.830. The molecule has 0 amide bonds. The average molecular weight is 195 g/mol. The van der Waals surface area contributed by atoms with Crippen molar-refractivity contribution in [1.82, 2.24) is 4.98 Å².